The fourth-order valence-corrected chi connectivity index (χ4v) is 4.99. The number of hydrogen-bond donors (Lipinski definition) is 0. The van der Waals surface area contributed by atoms with Crippen molar-refractivity contribution in [2.75, 3.05) is 19.9 Å². The number of fused-ring (bicyclic) bond motifs is 1. The van der Waals surface area contributed by atoms with Gasteiger partial charge in [0.15, 0.2) is 11.5 Å². The van der Waals surface area contributed by atoms with Crippen LogP contribution in [0, 0.1) is 0 Å². The number of nitrogens with zero attached hydrogens (tertiary/aromatic N) is 2. The summed E-state index contributed by atoms with van der Waals surface area (Å²) in [6.45, 7) is 3.95. The minimum Gasteiger partial charge on any atom is -0.494 e. The van der Waals surface area contributed by atoms with Gasteiger partial charge < -0.3 is 24.0 Å². The number of rotatable bonds is 12. The van der Waals surface area contributed by atoms with Crippen LogP contribution in [0.5, 0.6) is 17.2 Å². The molecule has 3 aromatic rings. The van der Waals surface area contributed by atoms with Crippen molar-refractivity contribution in [2.45, 2.75) is 51.7 Å². The molecule has 2 heterocycles. The molecule has 0 N–H and O–H groups in total. The summed E-state index contributed by atoms with van der Waals surface area (Å²) in [4.78, 5) is 31.7. The predicted octanol–water partition coefficient (Wildman–Crippen LogP) is 5.49. The Morgan fingerprint density at radius 1 is 1.03 bits per heavy atom. The molecule has 2 aromatic carbocycles. The topological polar surface area (TPSA) is 68.3 Å². The third kappa shape index (κ3) is 6.43. The molecule has 5 rings (SSSR count). The van der Waals surface area contributed by atoms with Crippen LogP contribution < -0.4 is 14.2 Å². The normalized spacial score (nSPS) is 13.9. The average Bonchev–Trinajstić information content (AvgIpc) is 3.41. The van der Waals surface area contributed by atoms with E-state index in [0.29, 0.717) is 36.8 Å². The van der Waals surface area contributed by atoms with E-state index in [4.69, 9.17) is 14.2 Å². The number of thiophene rings is 1. The van der Waals surface area contributed by atoms with Gasteiger partial charge in [0.2, 0.25) is 12.7 Å². The van der Waals surface area contributed by atoms with Gasteiger partial charge >= 0.3 is 0 Å². The van der Waals surface area contributed by atoms with Crippen LogP contribution in [0.2, 0.25) is 0 Å². The number of amides is 2. The molecule has 0 unspecified atom stereocenters. The fourth-order valence-electron chi connectivity index (χ4n) is 4.28. The van der Waals surface area contributed by atoms with Crippen molar-refractivity contribution in [3.8, 4) is 17.2 Å². The first-order valence-electron chi connectivity index (χ1n) is 12.8. The highest BCUT2D eigenvalue weighted by Crippen LogP contribution is 2.33. The van der Waals surface area contributed by atoms with E-state index in [2.05, 4.69) is 6.92 Å². The number of carbonyl (C=O) groups is 2. The Hall–Kier alpha value is -3.52. The highest BCUT2D eigenvalue weighted by Gasteiger charge is 2.35. The maximum Gasteiger partial charge on any atom is 0.254 e. The lowest BCUT2D eigenvalue weighted by Crippen LogP contribution is -2.43. The molecule has 7 nitrogen and oxygen atoms in total. The zero-order valence-corrected chi connectivity index (χ0v) is 21.9. The average molecular weight is 521 g/mol. The molecule has 8 heteroatoms. The van der Waals surface area contributed by atoms with E-state index in [-0.39, 0.29) is 31.2 Å². The molecule has 0 saturated heterocycles. The van der Waals surface area contributed by atoms with Gasteiger partial charge in [-0.3, -0.25) is 9.59 Å². The maximum atomic E-state index is 13.6. The van der Waals surface area contributed by atoms with Crippen LogP contribution in [0.25, 0.3) is 0 Å². The molecular formula is C29H32N2O5S. The van der Waals surface area contributed by atoms with E-state index in [1.165, 1.54) is 0 Å². The van der Waals surface area contributed by atoms with Crippen molar-refractivity contribution in [3.63, 3.8) is 0 Å². The molecule has 194 valence electrons. The van der Waals surface area contributed by atoms with Gasteiger partial charge in [0.1, 0.15) is 12.3 Å². The Labute approximate surface area is 221 Å². The van der Waals surface area contributed by atoms with Gasteiger partial charge in [-0.25, -0.2) is 0 Å². The molecule has 1 fully saturated rings. The molecule has 0 bridgehead atoms. The molecule has 0 spiro atoms. The van der Waals surface area contributed by atoms with Crippen LogP contribution in [0.15, 0.2) is 60.0 Å². The Morgan fingerprint density at radius 2 is 1.84 bits per heavy atom. The lowest BCUT2D eigenvalue weighted by atomic mass is 10.1. The first kappa shape index (κ1) is 25.1. The van der Waals surface area contributed by atoms with Gasteiger partial charge in [-0.1, -0.05) is 25.5 Å². The zero-order valence-electron chi connectivity index (χ0n) is 21.1. The van der Waals surface area contributed by atoms with Crippen molar-refractivity contribution < 1.29 is 23.8 Å². The second-order valence-corrected chi connectivity index (χ2v) is 10.4. The van der Waals surface area contributed by atoms with Gasteiger partial charge in [-0.2, -0.15) is 0 Å². The summed E-state index contributed by atoms with van der Waals surface area (Å²) in [5.41, 5.74) is 1.53. The highest BCUT2D eigenvalue weighted by atomic mass is 32.1. The van der Waals surface area contributed by atoms with E-state index in [1.807, 2.05) is 52.7 Å². The van der Waals surface area contributed by atoms with Crippen molar-refractivity contribution >= 4 is 23.2 Å². The number of carbonyl (C=O) groups excluding carboxylic acids is 2. The second-order valence-electron chi connectivity index (χ2n) is 9.41. The minimum atomic E-state index is -0.116. The van der Waals surface area contributed by atoms with Crippen LogP contribution in [-0.2, 0) is 17.9 Å². The lowest BCUT2D eigenvalue weighted by Gasteiger charge is -2.28. The molecule has 1 saturated carbocycles. The summed E-state index contributed by atoms with van der Waals surface area (Å²) in [6.07, 6.45) is 3.90. The number of hydrogen-bond acceptors (Lipinski definition) is 6. The molecule has 2 amide bonds. The summed E-state index contributed by atoms with van der Waals surface area (Å²) < 4.78 is 16.7. The Balaban J connectivity index is 1.29. The van der Waals surface area contributed by atoms with Crippen LogP contribution in [-0.4, -0.2) is 47.6 Å². The van der Waals surface area contributed by atoms with Gasteiger partial charge in [-0.05, 0) is 72.7 Å². The van der Waals surface area contributed by atoms with Crippen LogP contribution in [0.3, 0.4) is 0 Å². The molecule has 1 aliphatic heterocycles. The summed E-state index contributed by atoms with van der Waals surface area (Å²) >= 11 is 1.62. The van der Waals surface area contributed by atoms with Gasteiger partial charge in [0.05, 0.1) is 13.2 Å². The van der Waals surface area contributed by atoms with Gasteiger partial charge in [0.25, 0.3) is 5.91 Å². The monoisotopic (exact) mass is 520 g/mol. The van der Waals surface area contributed by atoms with E-state index in [9.17, 15) is 9.59 Å². The Kier molecular flexibility index (Phi) is 7.94. The van der Waals surface area contributed by atoms with Crippen molar-refractivity contribution in [1.29, 1.82) is 0 Å². The lowest BCUT2D eigenvalue weighted by molar-refractivity contribution is -0.133. The predicted molar refractivity (Wildman–Crippen MR) is 142 cm³/mol. The van der Waals surface area contributed by atoms with E-state index < -0.39 is 0 Å². The quantitative estimate of drug-likeness (QED) is 0.296. The molecule has 2 aliphatic rings. The van der Waals surface area contributed by atoms with Gasteiger partial charge in [0, 0.05) is 23.0 Å². The molecular weight excluding hydrogens is 488 g/mol. The molecule has 1 aliphatic carbocycles. The maximum absolute atomic E-state index is 13.6. The number of benzene rings is 2. The highest BCUT2D eigenvalue weighted by molar-refractivity contribution is 7.09. The SMILES string of the molecule is CCCCOc1ccc(C(=O)N(CC(=O)N(Cc2ccc3c(c2)OCO3)Cc2cccs2)C2CC2)cc1. The van der Waals surface area contributed by atoms with Gasteiger partial charge in [-0.15, -0.1) is 11.3 Å². The standard InChI is InChI=1S/C29H32N2O5S/c1-2-3-14-34-24-11-7-22(8-12-24)29(33)31(23-9-10-23)19-28(32)30(18-25-5-4-15-37-25)17-21-6-13-26-27(16-21)36-20-35-26/h4-8,11-13,15-16,23H,2-3,9-10,14,17-20H2,1H3. The second kappa shape index (κ2) is 11.7. The van der Waals surface area contributed by atoms with Crippen molar-refractivity contribution in [3.05, 3.63) is 76.0 Å². The smallest absolute Gasteiger partial charge is 0.254 e. The number of ether oxygens (including phenoxy) is 3. The van der Waals surface area contributed by atoms with Crippen molar-refractivity contribution in [1.82, 2.24) is 9.80 Å². The number of unbranched alkanes of at least 4 members (excludes halogenated alkanes) is 1. The third-order valence-corrected chi connectivity index (χ3v) is 7.37. The first-order valence-corrected chi connectivity index (χ1v) is 13.7. The third-order valence-electron chi connectivity index (χ3n) is 6.51. The van der Waals surface area contributed by atoms with Crippen molar-refractivity contribution in [2.24, 2.45) is 0 Å². The molecule has 1 aromatic heterocycles. The minimum absolute atomic E-state index is 0.0498. The summed E-state index contributed by atoms with van der Waals surface area (Å²) in [7, 11) is 0. The van der Waals surface area contributed by atoms with Crippen LogP contribution in [0.1, 0.15) is 53.4 Å². The Morgan fingerprint density at radius 3 is 2.57 bits per heavy atom. The summed E-state index contributed by atoms with van der Waals surface area (Å²) in [5, 5.41) is 2.01. The van der Waals surface area contributed by atoms with E-state index in [1.54, 1.807) is 28.4 Å². The van der Waals surface area contributed by atoms with Crippen LogP contribution in [0.4, 0.5) is 0 Å². The summed E-state index contributed by atoms with van der Waals surface area (Å²) in [5.74, 6) is 1.97. The Bertz CT molecular complexity index is 1210. The summed E-state index contributed by atoms with van der Waals surface area (Å²) in [6, 6.07) is 17.1. The fraction of sp³-hybridized carbons (Fsp3) is 0.379. The molecule has 0 radical (unpaired) electrons. The van der Waals surface area contributed by atoms with E-state index in [0.717, 1.165) is 41.9 Å². The molecule has 0 atom stereocenters. The van der Waals surface area contributed by atoms with Crippen LogP contribution >= 0.6 is 11.3 Å². The van der Waals surface area contributed by atoms with E-state index >= 15 is 0 Å². The first-order chi connectivity index (χ1) is 18.1. The zero-order chi connectivity index (χ0) is 25.6. The largest absolute Gasteiger partial charge is 0.494 e. The molecule has 37 heavy (non-hydrogen) atoms.